The van der Waals surface area contributed by atoms with Gasteiger partial charge in [0, 0.05) is 43.9 Å². The molecule has 2 aromatic rings. The van der Waals surface area contributed by atoms with Crippen LogP contribution in [0.1, 0.15) is 35.2 Å². The predicted octanol–water partition coefficient (Wildman–Crippen LogP) is 2.47. The molecule has 4 rings (SSSR count). The minimum Gasteiger partial charge on any atom is -0.472 e. The molecule has 2 fully saturated rings. The van der Waals surface area contributed by atoms with E-state index in [0.717, 1.165) is 24.8 Å². The normalized spacial score (nSPS) is 20.2. The molecule has 1 unspecified atom stereocenters. The monoisotopic (exact) mass is 415 g/mol. The Morgan fingerprint density at radius 1 is 1.07 bits per heavy atom. The van der Waals surface area contributed by atoms with Crippen LogP contribution in [0.25, 0.3) is 0 Å². The van der Waals surface area contributed by atoms with Crippen LogP contribution in [0.4, 0.5) is 0 Å². The molecule has 1 aromatic carbocycles. The quantitative estimate of drug-likeness (QED) is 0.750. The number of benzene rings is 1. The van der Waals surface area contributed by atoms with E-state index in [2.05, 4.69) is 4.98 Å². The molecule has 2 aliphatic rings. The van der Waals surface area contributed by atoms with E-state index >= 15 is 0 Å². The second kappa shape index (κ2) is 8.12. The number of pyridine rings is 1. The van der Waals surface area contributed by atoms with E-state index in [1.165, 1.54) is 16.4 Å². The van der Waals surface area contributed by atoms with Crippen molar-refractivity contribution in [2.75, 3.05) is 26.2 Å². The third kappa shape index (κ3) is 4.28. The van der Waals surface area contributed by atoms with E-state index in [1.54, 1.807) is 23.2 Å². The Labute approximate surface area is 171 Å². The fourth-order valence-electron chi connectivity index (χ4n) is 3.73. The molecule has 1 atom stereocenters. The molecule has 0 bridgehead atoms. The van der Waals surface area contributed by atoms with Crippen molar-refractivity contribution >= 4 is 15.9 Å². The van der Waals surface area contributed by atoms with Crippen molar-refractivity contribution in [1.82, 2.24) is 14.2 Å². The number of rotatable bonds is 5. The van der Waals surface area contributed by atoms with Gasteiger partial charge in [-0.25, -0.2) is 13.4 Å². The number of hydrogen-bond acceptors (Lipinski definition) is 5. The van der Waals surface area contributed by atoms with Crippen LogP contribution in [0.5, 0.6) is 5.88 Å². The number of likely N-dealkylation sites (tertiary alicyclic amines) is 1. The number of carbonyl (C=O) groups excluding carboxylic acids is 1. The summed E-state index contributed by atoms with van der Waals surface area (Å²) in [6.45, 7) is 4.18. The van der Waals surface area contributed by atoms with Crippen LogP contribution in [0, 0.1) is 6.92 Å². The molecule has 0 N–H and O–H groups in total. The van der Waals surface area contributed by atoms with Gasteiger partial charge >= 0.3 is 0 Å². The van der Waals surface area contributed by atoms with Gasteiger partial charge in [-0.1, -0.05) is 6.07 Å². The average Bonchev–Trinajstić information content (AvgIpc) is 3.42. The van der Waals surface area contributed by atoms with Gasteiger partial charge in [0.15, 0.2) is 0 Å². The molecule has 3 heterocycles. The summed E-state index contributed by atoms with van der Waals surface area (Å²) in [6, 6.07) is 10.0. The third-order valence-electron chi connectivity index (χ3n) is 5.41. The lowest BCUT2D eigenvalue weighted by molar-refractivity contribution is 0.0771. The average molecular weight is 416 g/mol. The zero-order chi connectivity index (χ0) is 20.4. The Bertz CT molecular complexity index is 968. The number of carbonyl (C=O) groups is 1. The summed E-state index contributed by atoms with van der Waals surface area (Å²) in [5.74, 6) is 0.449. The van der Waals surface area contributed by atoms with Crippen LogP contribution in [0.3, 0.4) is 0 Å². The summed E-state index contributed by atoms with van der Waals surface area (Å²) in [6.07, 6.45) is 4.19. The SMILES string of the molecule is Cc1ccc(OC2CCN(C(=O)c3ccc(S(=O)(=O)N4CCCC4)cc3)C2)nc1. The molecular weight excluding hydrogens is 390 g/mol. The Kier molecular flexibility index (Phi) is 5.56. The van der Waals surface area contributed by atoms with Crippen molar-refractivity contribution in [2.45, 2.75) is 37.2 Å². The molecular formula is C21H25N3O4S. The standard InChI is InChI=1S/C21H25N3O4S/c1-16-4-9-20(22-14-16)28-18-10-13-23(15-18)21(25)17-5-7-19(8-6-17)29(26,27)24-11-2-3-12-24/h4-9,14,18H,2-3,10-13,15H2,1H3. The molecule has 0 radical (unpaired) electrons. The van der Waals surface area contributed by atoms with Gasteiger partial charge < -0.3 is 9.64 Å². The van der Waals surface area contributed by atoms with Crippen LogP contribution in [0.15, 0.2) is 47.5 Å². The maximum Gasteiger partial charge on any atom is 0.253 e. The van der Waals surface area contributed by atoms with Gasteiger partial charge in [0.05, 0.1) is 11.4 Å². The molecule has 8 heteroatoms. The van der Waals surface area contributed by atoms with E-state index in [4.69, 9.17) is 4.74 Å². The first-order valence-corrected chi connectivity index (χ1v) is 11.4. The van der Waals surface area contributed by atoms with E-state index in [1.807, 2.05) is 19.1 Å². The lowest BCUT2D eigenvalue weighted by Crippen LogP contribution is -2.31. The minimum absolute atomic E-state index is 0.0935. The number of ether oxygens (including phenoxy) is 1. The molecule has 2 aliphatic heterocycles. The maximum absolute atomic E-state index is 12.8. The zero-order valence-electron chi connectivity index (χ0n) is 16.5. The second-order valence-corrected chi connectivity index (χ2v) is 9.53. The Morgan fingerprint density at radius 2 is 1.79 bits per heavy atom. The first-order valence-electron chi connectivity index (χ1n) is 9.92. The van der Waals surface area contributed by atoms with Crippen LogP contribution in [-0.4, -0.2) is 60.8 Å². The second-order valence-electron chi connectivity index (χ2n) is 7.59. The minimum atomic E-state index is -3.47. The van der Waals surface area contributed by atoms with E-state index in [0.29, 0.717) is 37.6 Å². The molecule has 1 aromatic heterocycles. The Balaban J connectivity index is 1.39. The van der Waals surface area contributed by atoms with Crippen molar-refractivity contribution in [3.63, 3.8) is 0 Å². The lowest BCUT2D eigenvalue weighted by atomic mass is 10.2. The first-order chi connectivity index (χ1) is 13.9. The van der Waals surface area contributed by atoms with Crippen molar-refractivity contribution in [3.05, 3.63) is 53.7 Å². The smallest absolute Gasteiger partial charge is 0.253 e. The van der Waals surface area contributed by atoms with Crippen molar-refractivity contribution < 1.29 is 17.9 Å². The summed E-state index contributed by atoms with van der Waals surface area (Å²) in [5, 5.41) is 0. The van der Waals surface area contributed by atoms with Gasteiger partial charge in [-0.05, 0) is 49.6 Å². The lowest BCUT2D eigenvalue weighted by Gasteiger charge is -2.18. The highest BCUT2D eigenvalue weighted by Gasteiger charge is 2.30. The van der Waals surface area contributed by atoms with E-state index in [9.17, 15) is 13.2 Å². The summed E-state index contributed by atoms with van der Waals surface area (Å²) in [7, 11) is -3.47. The molecule has 0 saturated carbocycles. The number of nitrogens with zero attached hydrogens (tertiary/aromatic N) is 3. The topological polar surface area (TPSA) is 79.8 Å². The van der Waals surface area contributed by atoms with Gasteiger partial charge in [-0.2, -0.15) is 4.31 Å². The molecule has 7 nitrogen and oxygen atoms in total. The first kappa shape index (κ1) is 19.8. The van der Waals surface area contributed by atoms with Crippen LogP contribution in [-0.2, 0) is 10.0 Å². The van der Waals surface area contributed by atoms with Crippen LogP contribution >= 0.6 is 0 Å². The maximum atomic E-state index is 12.8. The number of sulfonamides is 1. The number of hydrogen-bond donors (Lipinski definition) is 0. The predicted molar refractivity (Wildman–Crippen MR) is 108 cm³/mol. The van der Waals surface area contributed by atoms with Gasteiger partial charge in [0.1, 0.15) is 6.10 Å². The Hall–Kier alpha value is -2.45. The van der Waals surface area contributed by atoms with Crippen molar-refractivity contribution in [2.24, 2.45) is 0 Å². The van der Waals surface area contributed by atoms with Gasteiger partial charge in [0.25, 0.3) is 5.91 Å². The molecule has 1 amide bonds. The zero-order valence-corrected chi connectivity index (χ0v) is 17.3. The highest BCUT2D eigenvalue weighted by Crippen LogP contribution is 2.23. The molecule has 2 saturated heterocycles. The summed E-state index contributed by atoms with van der Waals surface area (Å²) >= 11 is 0. The van der Waals surface area contributed by atoms with E-state index in [-0.39, 0.29) is 16.9 Å². The highest BCUT2D eigenvalue weighted by molar-refractivity contribution is 7.89. The number of amides is 1. The number of aromatic nitrogens is 1. The summed E-state index contributed by atoms with van der Waals surface area (Å²) in [4.78, 5) is 19.0. The van der Waals surface area contributed by atoms with Gasteiger partial charge in [-0.3, -0.25) is 4.79 Å². The van der Waals surface area contributed by atoms with Gasteiger partial charge in [-0.15, -0.1) is 0 Å². The van der Waals surface area contributed by atoms with Crippen molar-refractivity contribution in [1.29, 1.82) is 0 Å². The molecule has 0 aliphatic carbocycles. The third-order valence-corrected chi connectivity index (χ3v) is 7.32. The fourth-order valence-corrected chi connectivity index (χ4v) is 5.25. The fraction of sp³-hybridized carbons (Fsp3) is 0.429. The Morgan fingerprint density at radius 3 is 2.45 bits per heavy atom. The summed E-state index contributed by atoms with van der Waals surface area (Å²) in [5.41, 5.74) is 1.55. The molecule has 29 heavy (non-hydrogen) atoms. The number of aryl methyl sites for hydroxylation is 1. The molecule has 154 valence electrons. The van der Waals surface area contributed by atoms with Gasteiger partial charge in [0.2, 0.25) is 15.9 Å². The van der Waals surface area contributed by atoms with Crippen LogP contribution in [0.2, 0.25) is 0 Å². The van der Waals surface area contributed by atoms with E-state index < -0.39 is 10.0 Å². The molecule has 0 spiro atoms. The van der Waals surface area contributed by atoms with Crippen LogP contribution < -0.4 is 4.74 Å². The largest absolute Gasteiger partial charge is 0.472 e. The summed E-state index contributed by atoms with van der Waals surface area (Å²) < 4.78 is 32.6. The highest BCUT2D eigenvalue weighted by atomic mass is 32.2. The van der Waals surface area contributed by atoms with Crippen molar-refractivity contribution in [3.8, 4) is 5.88 Å².